The van der Waals surface area contributed by atoms with Crippen LogP contribution in [0, 0.1) is 0 Å². The summed E-state index contributed by atoms with van der Waals surface area (Å²) in [5, 5.41) is 11.1. The molecule has 0 bridgehead atoms. The molecule has 0 saturated carbocycles. The molecule has 11 heteroatoms. The number of carbonyl (C=O) groups is 2. The summed E-state index contributed by atoms with van der Waals surface area (Å²) in [6.07, 6.45) is -3.66. The summed E-state index contributed by atoms with van der Waals surface area (Å²) in [4.78, 5) is 27.0. The second-order valence-electron chi connectivity index (χ2n) is 7.28. The fourth-order valence-corrected chi connectivity index (χ4v) is 3.95. The van der Waals surface area contributed by atoms with Crippen LogP contribution in [0.4, 0.5) is 18.3 Å². The van der Waals surface area contributed by atoms with E-state index in [-0.39, 0.29) is 29.9 Å². The number of alkyl halides is 3. The molecule has 34 heavy (non-hydrogen) atoms. The number of halogens is 3. The highest BCUT2D eigenvalue weighted by molar-refractivity contribution is 7.18. The molecule has 0 unspecified atom stereocenters. The number of hydrogen-bond donors (Lipinski definition) is 1. The van der Waals surface area contributed by atoms with E-state index in [0.717, 1.165) is 29.9 Å². The van der Waals surface area contributed by atoms with Crippen molar-refractivity contribution >= 4 is 28.3 Å². The monoisotopic (exact) mass is 492 g/mol. The summed E-state index contributed by atoms with van der Waals surface area (Å²) in [7, 11) is 1.49. The van der Waals surface area contributed by atoms with Crippen molar-refractivity contribution in [3.05, 3.63) is 59.7 Å². The van der Waals surface area contributed by atoms with Gasteiger partial charge in [0, 0.05) is 25.1 Å². The molecule has 0 saturated heterocycles. The lowest BCUT2D eigenvalue weighted by Gasteiger charge is -2.22. The summed E-state index contributed by atoms with van der Waals surface area (Å²) < 4.78 is 43.4. The van der Waals surface area contributed by atoms with Crippen molar-refractivity contribution in [1.82, 2.24) is 15.1 Å². The second kappa shape index (κ2) is 11.1. The first-order valence-corrected chi connectivity index (χ1v) is 11.3. The van der Waals surface area contributed by atoms with E-state index < -0.39 is 11.7 Å². The van der Waals surface area contributed by atoms with Gasteiger partial charge in [0.15, 0.2) is 0 Å². The van der Waals surface area contributed by atoms with Crippen LogP contribution >= 0.6 is 11.3 Å². The van der Waals surface area contributed by atoms with E-state index in [1.807, 2.05) is 6.92 Å². The number of para-hydroxylation sites is 1. The summed E-state index contributed by atoms with van der Waals surface area (Å²) in [5.41, 5.74) is 0.125. The Morgan fingerprint density at radius 2 is 1.76 bits per heavy atom. The van der Waals surface area contributed by atoms with Crippen molar-refractivity contribution in [3.8, 4) is 16.3 Å². The van der Waals surface area contributed by atoms with E-state index in [1.165, 1.54) is 19.2 Å². The molecule has 0 aliphatic carbocycles. The first-order chi connectivity index (χ1) is 16.2. The number of anilines is 1. The number of aromatic nitrogens is 2. The molecule has 3 aromatic rings. The Morgan fingerprint density at radius 1 is 1.06 bits per heavy atom. The van der Waals surface area contributed by atoms with Gasteiger partial charge in [0.25, 0.3) is 5.91 Å². The maximum Gasteiger partial charge on any atom is 0.416 e. The molecule has 2 aromatic carbocycles. The van der Waals surface area contributed by atoms with Gasteiger partial charge >= 0.3 is 6.18 Å². The van der Waals surface area contributed by atoms with E-state index in [0.29, 0.717) is 28.4 Å². The summed E-state index contributed by atoms with van der Waals surface area (Å²) in [5.74, 6) is -0.126. The van der Waals surface area contributed by atoms with Crippen LogP contribution in [0.2, 0.25) is 0 Å². The fraction of sp³-hybridized carbons (Fsp3) is 0.304. The number of carbonyl (C=O) groups excluding carboxylic acids is 2. The minimum absolute atomic E-state index is 0.0378. The van der Waals surface area contributed by atoms with Crippen LogP contribution in [0.15, 0.2) is 48.5 Å². The third kappa shape index (κ3) is 6.31. The maximum absolute atomic E-state index is 13.0. The normalized spacial score (nSPS) is 11.2. The van der Waals surface area contributed by atoms with E-state index in [9.17, 15) is 22.8 Å². The van der Waals surface area contributed by atoms with Gasteiger partial charge in [-0.1, -0.05) is 42.5 Å². The second-order valence-corrected chi connectivity index (χ2v) is 8.26. The highest BCUT2D eigenvalue weighted by Gasteiger charge is 2.30. The van der Waals surface area contributed by atoms with Gasteiger partial charge in [0.1, 0.15) is 10.8 Å². The number of nitrogens with one attached hydrogen (secondary N) is 1. The predicted octanol–water partition coefficient (Wildman–Crippen LogP) is 5.11. The van der Waals surface area contributed by atoms with Crippen LogP contribution < -0.4 is 10.1 Å². The topological polar surface area (TPSA) is 84.4 Å². The fourth-order valence-electron chi connectivity index (χ4n) is 3.19. The number of hydrogen-bond acceptors (Lipinski definition) is 6. The third-order valence-corrected chi connectivity index (χ3v) is 5.75. The number of methoxy groups -OCH3 is 1. The number of rotatable bonds is 9. The Kier molecular flexibility index (Phi) is 8.21. The van der Waals surface area contributed by atoms with E-state index in [1.54, 1.807) is 29.2 Å². The summed E-state index contributed by atoms with van der Waals surface area (Å²) in [6, 6.07) is 11.4. The highest BCUT2D eigenvalue weighted by atomic mass is 32.1. The van der Waals surface area contributed by atoms with Gasteiger partial charge < -0.3 is 15.0 Å². The lowest BCUT2D eigenvalue weighted by molar-refractivity contribution is -0.137. The van der Waals surface area contributed by atoms with Crippen molar-refractivity contribution in [1.29, 1.82) is 0 Å². The van der Waals surface area contributed by atoms with Crippen LogP contribution in [0.3, 0.4) is 0 Å². The van der Waals surface area contributed by atoms with Crippen molar-refractivity contribution in [2.75, 3.05) is 25.5 Å². The Bertz CT molecular complexity index is 1130. The van der Waals surface area contributed by atoms with Crippen LogP contribution in [0.1, 0.15) is 35.7 Å². The third-order valence-electron chi connectivity index (χ3n) is 4.86. The van der Waals surface area contributed by atoms with Gasteiger partial charge in [-0.05, 0) is 30.7 Å². The average Bonchev–Trinajstić information content (AvgIpc) is 3.29. The molecule has 7 nitrogen and oxygen atoms in total. The van der Waals surface area contributed by atoms with Crippen LogP contribution in [0.5, 0.6) is 5.75 Å². The molecule has 1 N–H and O–H groups in total. The summed E-state index contributed by atoms with van der Waals surface area (Å²) >= 11 is 1.05. The first kappa shape index (κ1) is 25.2. The lowest BCUT2D eigenvalue weighted by atomic mass is 10.1. The molecular weight excluding hydrogens is 469 g/mol. The van der Waals surface area contributed by atoms with Gasteiger partial charge in [-0.25, -0.2) is 0 Å². The first-order valence-electron chi connectivity index (χ1n) is 10.5. The SMILES string of the molecule is CCCN(CCC(=O)Nc1nnc(-c2ccc(C(F)(F)F)cc2)s1)C(=O)c1ccccc1OC. The minimum Gasteiger partial charge on any atom is -0.496 e. The molecule has 1 heterocycles. The zero-order chi connectivity index (χ0) is 24.7. The summed E-state index contributed by atoms with van der Waals surface area (Å²) in [6.45, 7) is 2.61. The quantitative estimate of drug-likeness (QED) is 0.449. The molecule has 2 amide bonds. The molecule has 0 aliphatic rings. The Balaban J connectivity index is 1.60. The smallest absolute Gasteiger partial charge is 0.416 e. The largest absolute Gasteiger partial charge is 0.496 e. The van der Waals surface area contributed by atoms with Gasteiger partial charge in [-0.3, -0.25) is 9.59 Å². The van der Waals surface area contributed by atoms with Crippen LogP contribution in [-0.2, 0) is 11.0 Å². The molecule has 0 atom stereocenters. The zero-order valence-corrected chi connectivity index (χ0v) is 19.4. The predicted molar refractivity (Wildman–Crippen MR) is 123 cm³/mol. The number of ether oxygens (including phenoxy) is 1. The standard InChI is InChI=1S/C23H23F3N4O3S/c1-3-13-30(21(32)17-6-4-5-7-18(17)33-2)14-12-19(31)27-22-29-28-20(34-22)15-8-10-16(11-9-15)23(24,25)26/h4-11H,3,12-14H2,1-2H3,(H,27,29,31). The Morgan fingerprint density at radius 3 is 2.41 bits per heavy atom. The number of benzene rings is 2. The Hall–Kier alpha value is -3.47. The lowest BCUT2D eigenvalue weighted by Crippen LogP contribution is -2.34. The molecular formula is C23H23F3N4O3S. The van der Waals surface area contributed by atoms with E-state index in [2.05, 4.69) is 15.5 Å². The average molecular weight is 493 g/mol. The van der Waals surface area contributed by atoms with Crippen molar-refractivity contribution in [3.63, 3.8) is 0 Å². The molecule has 3 rings (SSSR count). The molecule has 0 fully saturated rings. The molecule has 0 radical (unpaired) electrons. The Labute approximate surface area is 198 Å². The van der Waals surface area contributed by atoms with Crippen molar-refractivity contribution in [2.45, 2.75) is 25.9 Å². The van der Waals surface area contributed by atoms with Gasteiger partial charge in [0.2, 0.25) is 11.0 Å². The zero-order valence-electron chi connectivity index (χ0n) is 18.6. The molecule has 0 spiro atoms. The van der Waals surface area contributed by atoms with Crippen LogP contribution in [-0.4, -0.2) is 47.1 Å². The molecule has 1 aromatic heterocycles. The van der Waals surface area contributed by atoms with E-state index in [4.69, 9.17) is 4.74 Å². The van der Waals surface area contributed by atoms with Crippen molar-refractivity contribution in [2.24, 2.45) is 0 Å². The minimum atomic E-state index is -4.42. The molecule has 0 aliphatic heterocycles. The van der Waals surface area contributed by atoms with Gasteiger partial charge in [-0.2, -0.15) is 13.2 Å². The number of amides is 2. The van der Waals surface area contributed by atoms with E-state index >= 15 is 0 Å². The van der Waals surface area contributed by atoms with Crippen LogP contribution in [0.25, 0.3) is 10.6 Å². The van der Waals surface area contributed by atoms with Gasteiger partial charge in [0.05, 0.1) is 18.2 Å². The number of nitrogens with zero attached hydrogens (tertiary/aromatic N) is 3. The van der Waals surface area contributed by atoms with Crippen molar-refractivity contribution < 1.29 is 27.5 Å². The highest BCUT2D eigenvalue weighted by Crippen LogP contribution is 2.32. The van der Waals surface area contributed by atoms with Gasteiger partial charge in [-0.15, -0.1) is 10.2 Å². The maximum atomic E-state index is 13.0. The molecule has 180 valence electrons.